The van der Waals surface area contributed by atoms with E-state index in [1.54, 1.807) is 0 Å². The van der Waals surface area contributed by atoms with Gasteiger partial charge in [-0.1, -0.05) is 0 Å². The summed E-state index contributed by atoms with van der Waals surface area (Å²) in [6, 6.07) is 0. The van der Waals surface area contributed by atoms with Crippen molar-refractivity contribution in [2.24, 2.45) is 11.8 Å². The van der Waals surface area contributed by atoms with Crippen LogP contribution in [0.3, 0.4) is 0 Å². The van der Waals surface area contributed by atoms with Crippen LogP contribution >= 0.6 is 11.8 Å². The molecule has 2 rings (SSSR count). The molecule has 2 fully saturated rings. The van der Waals surface area contributed by atoms with Gasteiger partial charge in [0.15, 0.2) is 0 Å². The number of hydrogen-bond acceptors (Lipinski definition) is 3. The highest BCUT2D eigenvalue weighted by atomic mass is 32.2. The van der Waals surface area contributed by atoms with Gasteiger partial charge in [0.25, 0.3) is 0 Å². The van der Waals surface area contributed by atoms with Crippen LogP contribution in [0.4, 0.5) is 0 Å². The number of hydrogen-bond donors (Lipinski definition) is 1. The molecule has 0 atom stereocenters. The van der Waals surface area contributed by atoms with Crippen molar-refractivity contribution in [2.45, 2.75) is 19.3 Å². The minimum absolute atomic E-state index is 0.385. The molecule has 2 aliphatic heterocycles. The zero-order valence-electron chi connectivity index (χ0n) is 8.82. The first-order valence-corrected chi connectivity index (χ1v) is 6.95. The molecule has 0 spiro atoms. The van der Waals surface area contributed by atoms with Gasteiger partial charge in [-0.05, 0) is 43.2 Å². The van der Waals surface area contributed by atoms with Crippen molar-refractivity contribution in [3.05, 3.63) is 0 Å². The average molecular weight is 215 g/mol. The molecule has 0 aromatic rings. The van der Waals surface area contributed by atoms with Crippen LogP contribution < -0.4 is 0 Å². The Kier molecular flexibility index (Phi) is 4.14. The number of aliphatic hydroxyl groups is 1. The van der Waals surface area contributed by atoms with Crippen LogP contribution in [0.1, 0.15) is 19.3 Å². The van der Waals surface area contributed by atoms with Gasteiger partial charge in [-0.3, -0.25) is 0 Å². The first-order valence-electron chi connectivity index (χ1n) is 5.79. The Hall–Kier alpha value is 0.270. The van der Waals surface area contributed by atoms with E-state index >= 15 is 0 Å². The Morgan fingerprint density at radius 2 is 1.86 bits per heavy atom. The fourth-order valence-corrected chi connectivity index (χ4v) is 3.58. The molecule has 0 unspecified atom stereocenters. The van der Waals surface area contributed by atoms with Crippen LogP contribution in [0.25, 0.3) is 0 Å². The molecule has 2 saturated heterocycles. The van der Waals surface area contributed by atoms with Crippen molar-refractivity contribution in [1.29, 1.82) is 0 Å². The van der Waals surface area contributed by atoms with E-state index in [2.05, 4.69) is 16.7 Å². The van der Waals surface area contributed by atoms with Gasteiger partial charge >= 0.3 is 0 Å². The molecule has 1 N–H and O–H groups in total. The summed E-state index contributed by atoms with van der Waals surface area (Å²) in [7, 11) is 0. The van der Waals surface area contributed by atoms with Gasteiger partial charge in [-0.2, -0.15) is 11.8 Å². The second kappa shape index (κ2) is 5.38. The predicted octanol–water partition coefficient (Wildman–Crippen LogP) is 1.44. The van der Waals surface area contributed by atoms with E-state index in [-0.39, 0.29) is 0 Å². The minimum Gasteiger partial charge on any atom is -0.396 e. The predicted molar refractivity (Wildman–Crippen MR) is 61.7 cm³/mol. The normalized spacial score (nSPS) is 26.4. The first kappa shape index (κ1) is 10.8. The third kappa shape index (κ3) is 2.88. The van der Waals surface area contributed by atoms with Gasteiger partial charge in [0, 0.05) is 25.6 Å². The highest BCUT2D eigenvalue weighted by molar-refractivity contribution is 7.99. The van der Waals surface area contributed by atoms with Gasteiger partial charge in [0.05, 0.1) is 0 Å². The Labute approximate surface area is 91.1 Å². The Bertz CT molecular complexity index is 165. The number of thioether (sulfide) groups is 1. The van der Waals surface area contributed by atoms with Crippen molar-refractivity contribution >= 4 is 11.8 Å². The van der Waals surface area contributed by atoms with Crippen LogP contribution in [0.2, 0.25) is 0 Å². The molecular weight excluding hydrogens is 194 g/mol. The summed E-state index contributed by atoms with van der Waals surface area (Å²) in [4.78, 5) is 2.49. The largest absolute Gasteiger partial charge is 0.396 e. The smallest absolute Gasteiger partial charge is 0.0483 e. The summed E-state index contributed by atoms with van der Waals surface area (Å²) < 4.78 is 0. The monoisotopic (exact) mass is 215 g/mol. The van der Waals surface area contributed by atoms with Crippen LogP contribution in [-0.2, 0) is 0 Å². The van der Waals surface area contributed by atoms with Crippen molar-refractivity contribution in [3.8, 4) is 0 Å². The minimum atomic E-state index is 0.385. The molecular formula is C11H21NOS. The van der Waals surface area contributed by atoms with Gasteiger partial charge in [0.2, 0.25) is 0 Å². The van der Waals surface area contributed by atoms with Crippen molar-refractivity contribution < 1.29 is 5.11 Å². The third-order valence-corrected chi connectivity index (χ3v) is 4.53. The maximum absolute atomic E-state index is 8.89. The molecule has 2 aliphatic rings. The Balaban J connectivity index is 1.54. The highest BCUT2D eigenvalue weighted by Gasteiger charge is 2.26. The standard InChI is InChI=1S/C11H21NOS/c13-9-11-7-12(8-11)4-1-10-2-5-14-6-3-10/h10-11,13H,1-9H2. The number of likely N-dealkylation sites (tertiary alicyclic amines) is 1. The van der Waals surface area contributed by atoms with Crippen LogP contribution in [0, 0.1) is 11.8 Å². The fourth-order valence-electron chi connectivity index (χ4n) is 2.38. The lowest BCUT2D eigenvalue weighted by Crippen LogP contribution is -2.48. The van der Waals surface area contributed by atoms with Gasteiger partial charge in [-0.25, -0.2) is 0 Å². The molecule has 14 heavy (non-hydrogen) atoms. The summed E-state index contributed by atoms with van der Waals surface area (Å²) in [6.07, 6.45) is 4.25. The van der Waals surface area contributed by atoms with Gasteiger partial charge in [-0.15, -0.1) is 0 Å². The lowest BCUT2D eigenvalue weighted by Gasteiger charge is -2.39. The molecule has 2 nitrogen and oxygen atoms in total. The second-order valence-electron chi connectivity index (χ2n) is 4.65. The molecule has 3 heteroatoms. The number of aliphatic hydroxyl groups excluding tert-OH is 1. The maximum atomic E-state index is 8.89. The molecule has 0 aromatic carbocycles. The van der Waals surface area contributed by atoms with Gasteiger partial charge in [0.1, 0.15) is 0 Å². The Morgan fingerprint density at radius 3 is 2.50 bits per heavy atom. The van der Waals surface area contributed by atoms with E-state index < -0.39 is 0 Å². The lowest BCUT2D eigenvalue weighted by atomic mass is 9.96. The highest BCUT2D eigenvalue weighted by Crippen LogP contribution is 2.26. The molecule has 0 amide bonds. The van der Waals surface area contributed by atoms with E-state index in [0.29, 0.717) is 12.5 Å². The van der Waals surface area contributed by atoms with Crippen molar-refractivity contribution in [3.63, 3.8) is 0 Å². The lowest BCUT2D eigenvalue weighted by molar-refractivity contribution is 0.0493. The van der Waals surface area contributed by atoms with E-state index in [0.717, 1.165) is 19.0 Å². The summed E-state index contributed by atoms with van der Waals surface area (Å²) >= 11 is 2.11. The Morgan fingerprint density at radius 1 is 1.14 bits per heavy atom. The number of nitrogens with zero attached hydrogens (tertiary/aromatic N) is 1. The summed E-state index contributed by atoms with van der Waals surface area (Å²) in [6.45, 7) is 3.93. The molecule has 0 radical (unpaired) electrons. The molecule has 0 aliphatic carbocycles. The van der Waals surface area contributed by atoms with E-state index in [4.69, 9.17) is 5.11 Å². The van der Waals surface area contributed by atoms with Crippen molar-refractivity contribution in [1.82, 2.24) is 4.90 Å². The molecule has 2 heterocycles. The fraction of sp³-hybridized carbons (Fsp3) is 1.00. The molecule has 0 bridgehead atoms. The quantitative estimate of drug-likeness (QED) is 0.768. The zero-order chi connectivity index (χ0) is 9.80. The molecule has 82 valence electrons. The maximum Gasteiger partial charge on any atom is 0.0483 e. The molecule has 0 saturated carbocycles. The topological polar surface area (TPSA) is 23.5 Å². The summed E-state index contributed by atoms with van der Waals surface area (Å²) in [5, 5.41) is 8.89. The van der Waals surface area contributed by atoms with Crippen LogP contribution in [-0.4, -0.2) is 47.8 Å². The first-order chi connectivity index (χ1) is 6.88. The van der Waals surface area contributed by atoms with Gasteiger partial charge < -0.3 is 10.0 Å². The van der Waals surface area contributed by atoms with E-state index in [1.165, 1.54) is 37.3 Å². The van der Waals surface area contributed by atoms with Crippen molar-refractivity contribution in [2.75, 3.05) is 37.7 Å². The third-order valence-electron chi connectivity index (χ3n) is 3.49. The molecule has 0 aromatic heterocycles. The van der Waals surface area contributed by atoms with Crippen LogP contribution in [0.5, 0.6) is 0 Å². The van der Waals surface area contributed by atoms with E-state index in [9.17, 15) is 0 Å². The average Bonchev–Trinajstić information content (AvgIpc) is 2.17. The second-order valence-corrected chi connectivity index (χ2v) is 5.88. The SMILES string of the molecule is OCC1CN(CCC2CCSCC2)C1. The van der Waals surface area contributed by atoms with Crippen LogP contribution in [0.15, 0.2) is 0 Å². The summed E-state index contributed by atoms with van der Waals surface area (Å²) in [5.74, 6) is 4.33. The number of rotatable bonds is 4. The van der Waals surface area contributed by atoms with E-state index in [1.807, 2.05) is 0 Å². The summed E-state index contributed by atoms with van der Waals surface area (Å²) in [5.41, 5.74) is 0. The zero-order valence-corrected chi connectivity index (χ0v) is 9.64.